The summed E-state index contributed by atoms with van der Waals surface area (Å²) in [6, 6.07) is 0. The normalized spacial score (nSPS) is 3.00. The van der Waals surface area contributed by atoms with E-state index in [1.807, 2.05) is 0 Å². The zero-order valence-electron chi connectivity index (χ0n) is 2.21. The van der Waals surface area contributed by atoms with Crippen molar-refractivity contribution in [3.05, 3.63) is 0 Å². The van der Waals surface area contributed by atoms with Crippen LogP contribution in [0.15, 0.2) is 0 Å². The van der Waals surface area contributed by atoms with Gasteiger partial charge in [0.2, 0.25) is 0 Å². The molecule has 0 radical (unpaired) electrons. The third-order valence-corrected chi connectivity index (χ3v) is 0. The SMILES string of the molecule is Cl.[O]=[Pr](=[O])=[O]. The molecular formula is HClO3Pr. The molecule has 0 amide bonds. The zero-order valence-corrected chi connectivity index (χ0v) is 6.73. The van der Waals surface area contributed by atoms with Crippen molar-refractivity contribution in [3.63, 3.8) is 0 Å². The van der Waals surface area contributed by atoms with E-state index in [4.69, 9.17) is 2.98 Å². The summed E-state index contributed by atoms with van der Waals surface area (Å²) in [6.07, 6.45) is 0. The van der Waals surface area contributed by atoms with Crippen molar-refractivity contribution in [1.82, 2.24) is 0 Å². The van der Waals surface area contributed by atoms with Gasteiger partial charge < -0.3 is 0 Å². The summed E-state index contributed by atoms with van der Waals surface area (Å²) in [6.45, 7) is 0. The van der Waals surface area contributed by atoms with Gasteiger partial charge in [-0.15, -0.1) is 12.4 Å². The third-order valence-electron chi connectivity index (χ3n) is 0. The monoisotopic (exact) mass is 225 g/mol. The van der Waals surface area contributed by atoms with Gasteiger partial charge in [-0.2, -0.15) is 0 Å². The topological polar surface area (TPSA) is 51.2 Å². The van der Waals surface area contributed by atoms with E-state index in [9.17, 15) is 0 Å². The fraction of sp³-hybridized carbons (Fsp3) is 0. The fourth-order valence-electron chi connectivity index (χ4n) is 0. The van der Waals surface area contributed by atoms with Crippen molar-refractivity contribution >= 4 is 12.4 Å². The maximum absolute atomic E-state index is 8.64. The summed E-state index contributed by atoms with van der Waals surface area (Å²) >= 11 is -4.47. The Morgan fingerprint density at radius 3 is 1.00 bits per heavy atom. The second-order valence-corrected chi connectivity index (χ2v) is 2.14. The molecule has 3 nitrogen and oxygen atoms in total. The molecule has 5 heavy (non-hydrogen) atoms. The molecule has 0 aromatic carbocycles. The summed E-state index contributed by atoms with van der Waals surface area (Å²) < 4.78 is 25.9. The maximum atomic E-state index is 8.64. The molecule has 0 aliphatic rings. The molecule has 0 aliphatic heterocycles. The molecule has 0 aromatic heterocycles. The molecule has 0 N–H and O–H groups in total. The summed E-state index contributed by atoms with van der Waals surface area (Å²) in [7, 11) is 0. The van der Waals surface area contributed by atoms with Crippen LogP contribution >= 0.6 is 12.4 Å². The summed E-state index contributed by atoms with van der Waals surface area (Å²) in [4.78, 5) is 0. The van der Waals surface area contributed by atoms with Gasteiger partial charge in [0, 0.05) is 0 Å². The molecule has 0 fully saturated rings. The van der Waals surface area contributed by atoms with E-state index in [0.717, 1.165) is 0 Å². The van der Waals surface area contributed by atoms with E-state index in [1.54, 1.807) is 0 Å². The van der Waals surface area contributed by atoms with Crippen molar-refractivity contribution in [2.75, 3.05) is 0 Å². The van der Waals surface area contributed by atoms with Gasteiger partial charge in [0.25, 0.3) is 0 Å². The average molecular weight is 225 g/mol. The first-order valence-electron chi connectivity index (χ1n) is 0.707. The van der Waals surface area contributed by atoms with E-state index in [0.29, 0.717) is 0 Å². The van der Waals surface area contributed by atoms with Crippen molar-refractivity contribution in [2.24, 2.45) is 0 Å². The van der Waals surface area contributed by atoms with Crippen LogP contribution in [-0.2, 0) is 2.98 Å². The van der Waals surface area contributed by atoms with E-state index in [2.05, 4.69) is 0 Å². The molecule has 0 aromatic rings. The quantitative estimate of drug-likeness (QED) is 0.586. The molecule has 0 spiro atoms. The van der Waals surface area contributed by atoms with Crippen LogP contribution in [0.4, 0.5) is 0 Å². The molecule has 0 aliphatic carbocycles. The van der Waals surface area contributed by atoms with Gasteiger partial charge in [-0.25, -0.2) is 0 Å². The Labute approximate surface area is 50.1 Å². The minimum atomic E-state index is -4.47. The molecule has 0 saturated carbocycles. The van der Waals surface area contributed by atoms with Crippen LogP contribution < -0.4 is 0 Å². The molecule has 29 valence electrons. The average Bonchev–Trinajstić information content (AvgIpc) is 0.811. The van der Waals surface area contributed by atoms with Gasteiger partial charge in [-0.1, -0.05) is 0 Å². The van der Waals surface area contributed by atoms with E-state index in [-0.39, 0.29) is 12.4 Å². The Balaban J connectivity index is 0. The van der Waals surface area contributed by atoms with Gasteiger partial charge in [0.1, 0.15) is 0 Å². The van der Waals surface area contributed by atoms with Crippen LogP contribution in [0.5, 0.6) is 0 Å². The summed E-state index contributed by atoms with van der Waals surface area (Å²) in [5, 5.41) is 0. The fourth-order valence-corrected chi connectivity index (χ4v) is 0. The molecule has 5 heteroatoms. The first kappa shape index (κ1) is 9.41. The minimum absolute atomic E-state index is 0. The van der Waals surface area contributed by atoms with E-state index in [1.165, 1.54) is 0 Å². The molecule has 0 bridgehead atoms. The molecule has 0 atom stereocenters. The molecule has 0 heterocycles. The van der Waals surface area contributed by atoms with Crippen LogP contribution in [0.25, 0.3) is 0 Å². The predicted molar refractivity (Wildman–Crippen MR) is 9.31 cm³/mol. The van der Waals surface area contributed by atoms with E-state index < -0.39 is 35.4 Å². The first-order valence-corrected chi connectivity index (χ1v) is 5.24. The Bertz CT molecular complexity index is 76.3. The summed E-state index contributed by atoms with van der Waals surface area (Å²) in [5.41, 5.74) is 0. The van der Waals surface area contributed by atoms with Crippen molar-refractivity contribution in [2.45, 2.75) is 0 Å². The first-order chi connectivity index (χ1) is 1.73. The van der Waals surface area contributed by atoms with E-state index >= 15 is 0 Å². The van der Waals surface area contributed by atoms with Crippen LogP contribution in [0.3, 0.4) is 0 Å². The zero-order chi connectivity index (χ0) is 3.58. The van der Waals surface area contributed by atoms with Gasteiger partial charge in [-0.05, 0) is 0 Å². The molecule has 0 saturated heterocycles. The summed E-state index contributed by atoms with van der Waals surface area (Å²) in [5.74, 6) is 0. The number of rotatable bonds is 0. The van der Waals surface area contributed by atoms with Gasteiger partial charge in [0.15, 0.2) is 0 Å². The second-order valence-electron chi connectivity index (χ2n) is 0.289. The Kier molecular flexibility index (Phi) is 9.51. The van der Waals surface area contributed by atoms with Crippen LogP contribution in [-0.4, -0.2) is 0 Å². The number of hydrogen-bond donors (Lipinski definition) is 0. The predicted octanol–water partition coefficient (Wildman–Crippen LogP) is 0.0654. The Morgan fingerprint density at radius 1 is 1.00 bits per heavy atom. The Hall–Kier alpha value is 1.05. The number of halogens is 1. The van der Waals surface area contributed by atoms with Crippen molar-refractivity contribution in [3.8, 4) is 0 Å². The van der Waals surface area contributed by atoms with Gasteiger partial charge >= 0.3 is 38.4 Å². The van der Waals surface area contributed by atoms with Crippen molar-refractivity contribution < 1.29 is 38.4 Å². The molecular weight excluding hydrogens is 224 g/mol. The third kappa shape index (κ3) is 42.4. The van der Waals surface area contributed by atoms with Crippen LogP contribution in [0, 0.1) is 35.4 Å². The Morgan fingerprint density at radius 2 is 1.00 bits per heavy atom. The molecule has 0 unspecified atom stereocenters. The molecule has 0 rings (SSSR count). The van der Waals surface area contributed by atoms with Gasteiger partial charge in [0.05, 0.1) is 0 Å². The number of hydrogen-bond acceptors (Lipinski definition) is 3. The van der Waals surface area contributed by atoms with Crippen LogP contribution in [0.1, 0.15) is 0 Å². The van der Waals surface area contributed by atoms with Crippen LogP contribution in [0.2, 0.25) is 0 Å². The standard InChI is InChI=1S/ClH.3O.Pr/h1H;;;;. The second kappa shape index (κ2) is 5.05. The van der Waals surface area contributed by atoms with Gasteiger partial charge in [-0.3, -0.25) is 0 Å². The van der Waals surface area contributed by atoms with Crippen molar-refractivity contribution in [1.29, 1.82) is 0 Å².